The van der Waals surface area contributed by atoms with Crippen molar-refractivity contribution in [2.24, 2.45) is 17.6 Å². The molecule has 2 aliphatic rings. The molecule has 0 bridgehead atoms. The van der Waals surface area contributed by atoms with Crippen molar-refractivity contribution in [1.29, 1.82) is 0 Å². The van der Waals surface area contributed by atoms with Crippen LogP contribution in [0.3, 0.4) is 0 Å². The number of fused-ring (bicyclic) bond motifs is 1. The molecule has 2 nitrogen and oxygen atoms in total. The molecule has 1 heterocycles. The Bertz CT molecular complexity index is 433. The van der Waals surface area contributed by atoms with Crippen molar-refractivity contribution in [3.05, 3.63) is 23.0 Å². The van der Waals surface area contributed by atoms with E-state index in [1.807, 2.05) is 0 Å². The van der Waals surface area contributed by atoms with Gasteiger partial charge in [0.1, 0.15) is 0 Å². The second kappa shape index (κ2) is 4.73. The normalized spacial score (nSPS) is 31.6. The van der Waals surface area contributed by atoms with Crippen LogP contribution in [0.4, 0.5) is 0 Å². The molecule has 18 heavy (non-hydrogen) atoms. The van der Waals surface area contributed by atoms with Crippen LogP contribution in [0.15, 0.2) is 6.07 Å². The topological polar surface area (TPSA) is 30.9 Å². The third-order valence-corrected chi connectivity index (χ3v) is 5.02. The lowest BCUT2D eigenvalue weighted by Crippen LogP contribution is -2.19. The molecular formula is C16H26N2. The van der Waals surface area contributed by atoms with Crippen molar-refractivity contribution in [2.45, 2.75) is 65.0 Å². The van der Waals surface area contributed by atoms with Crippen LogP contribution in [0, 0.1) is 18.8 Å². The molecule has 1 aromatic heterocycles. The molecule has 0 saturated heterocycles. The lowest BCUT2D eigenvalue weighted by atomic mass is 9.93. The third kappa shape index (κ3) is 2.11. The summed E-state index contributed by atoms with van der Waals surface area (Å²) in [5.41, 5.74) is 10.7. The molecule has 0 aromatic carbocycles. The van der Waals surface area contributed by atoms with Crippen LogP contribution in [0.1, 0.15) is 62.0 Å². The van der Waals surface area contributed by atoms with Crippen LogP contribution in [-0.2, 0) is 13.0 Å². The minimum absolute atomic E-state index is 0.288. The number of hydrogen-bond acceptors (Lipinski definition) is 1. The first-order chi connectivity index (χ1) is 8.65. The number of aromatic nitrogens is 1. The largest absolute Gasteiger partial charge is 0.348 e. The number of nitrogens with zero attached hydrogens (tertiary/aromatic N) is 1. The molecular weight excluding hydrogens is 220 g/mol. The number of aryl methyl sites for hydroxylation is 1. The molecule has 0 spiro atoms. The average Bonchev–Trinajstić information content (AvgIpc) is 2.87. The Morgan fingerprint density at radius 2 is 2.17 bits per heavy atom. The van der Waals surface area contributed by atoms with Gasteiger partial charge < -0.3 is 10.3 Å². The zero-order chi connectivity index (χ0) is 12.7. The predicted octanol–water partition coefficient (Wildman–Crippen LogP) is 3.57. The van der Waals surface area contributed by atoms with E-state index in [2.05, 4.69) is 24.5 Å². The molecule has 0 amide bonds. The molecule has 1 saturated carbocycles. The van der Waals surface area contributed by atoms with E-state index in [0.717, 1.165) is 18.3 Å². The molecule has 0 radical (unpaired) electrons. The molecule has 1 fully saturated rings. The van der Waals surface area contributed by atoms with E-state index >= 15 is 0 Å². The van der Waals surface area contributed by atoms with Gasteiger partial charge in [0.05, 0.1) is 0 Å². The van der Waals surface area contributed by atoms with Crippen molar-refractivity contribution in [3.8, 4) is 0 Å². The summed E-state index contributed by atoms with van der Waals surface area (Å²) in [7, 11) is 0. The first-order valence-electron chi connectivity index (χ1n) is 7.59. The Labute approximate surface area is 111 Å². The lowest BCUT2D eigenvalue weighted by Gasteiger charge is -2.22. The van der Waals surface area contributed by atoms with Gasteiger partial charge in [0.25, 0.3) is 0 Å². The molecule has 3 rings (SSSR count). The van der Waals surface area contributed by atoms with Crippen molar-refractivity contribution < 1.29 is 0 Å². The Balaban J connectivity index is 1.83. The second-order valence-corrected chi connectivity index (χ2v) is 6.58. The maximum absolute atomic E-state index is 6.25. The van der Waals surface area contributed by atoms with Gasteiger partial charge in [-0.3, -0.25) is 0 Å². The van der Waals surface area contributed by atoms with Crippen LogP contribution < -0.4 is 5.73 Å². The third-order valence-electron chi connectivity index (χ3n) is 5.02. The van der Waals surface area contributed by atoms with Crippen molar-refractivity contribution in [1.82, 2.24) is 4.57 Å². The van der Waals surface area contributed by atoms with Gasteiger partial charge >= 0.3 is 0 Å². The average molecular weight is 246 g/mol. The van der Waals surface area contributed by atoms with Crippen LogP contribution in [0.25, 0.3) is 0 Å². The standard InChI is InChI=1S/C16H26N2/c1-11-6-7-13(8-11)10-18-12(2)9-14-15(17)4-3-5-16(14)18/h9,11,13,15H,3-8,10,17H2,1-2H3. The molecule has 100 valence electrons. The van der Waals surface area contributed by atoms with Gasteiger partial charge in [0, 0.05) is 24.0 Å². The summed E-state index contributed by atoms with van der Waals surface area (Å²) in [6.45, 7) is 5.88. The van der Waals surface area contributed by atoms with E-state index in [4.69, 9.17) is 5.73 Å². The Hall–Kier alpha value is -0.760. The van der Waals surface area contributed by atoms with Gasteiger partial charge in [-0.1, -0.05) is 13.3 Å². The maximum atomic E-state index is 6.25. The van der Waals surface area contributed by atoms with E-state index in [9.17, 15) is 0 Å². The highest BCUT2D eigenvalue weighted by Gasteiger charge is 2.26. The molecule has 2 aliphatic carbocycles. The van der Waals surface area contributed by atoms with E-state index in [0.29, 0.717) is 0 Å². The van der Waals surface area contributed by atoms with E-state index < -0.39 is 0 Å². The molecule has 3 unspecified atom stereocenters. The molecule has 2 heteroatoms. The summed E-state index contributed by atoms with van der Waals surface area (Å²) in [5, 5.41) is 0. The Morgan fingerprint density at radius 1 is 1.33 bits per heavy atom. The van der Waals surface area contributed by atoms with Crippen molar-refractivity contribution >= 4 is 0 Å². The van der Waals surface area contributed by atoms with Crippen LogP contribution in [0.5, 0.6) is 0 Å². The number of hydrogen-bond donors (Lipinski definition) is 1. The first-order valence-corrected chi connectivity index (χ1v) is 7.59. The Kier molecular flexibility index (Phi) is 3.23. The van der Waals surface area contributed by atoms with Gasteiger partial charge in [0.15, 0.2) is 0 Å². The molecule has 3 atom stereocenters. The predicted molar refractivity (Wildman–Crippen MR) is 75.5 cm³/mol. The van der Waals surface area contributed by atoms with Crippen molar-refractivity contribution in [3.63, 3.8) is 0 Å². The lowest BCUT2D eigenvalue weighted by molar-refractivity contribution is 0.422. The summed E-state index contributed by atoms with van der Waals surface area (Å²) in [5.74, 6) is 1.83. The van der Waals surface area contributed by atoms with Gasteiger partial charge in [-0.2, -0.15) is 0 Å². The molecule has 2 N–H and O–H groups in total. The van der Waals surface area contributed by atoms with Crippen molar-refractivity contribution in [2.75, 3.05) is 0 Å². The van der Waals surface area contributed by atoms with Gasteiger partial charge in [0.2, 0.25) is 0 Å². The van der Waals surface area contributed by atoms with Gasteiger partial charge in [-0.15, -0.1) is 0 Å². The van der Waals surface area contributed by atoms with Gasteiger partial charge in [-0.05, 0) is 62.5 Å². The van der Waals surface area contributed by atoms with E-state index in [1.54, 1.807) is 5.69 Å². The summed E-state index contributed by atoms with van der Waals surface area (Å²) >= 11 is 0. The van der Waals surface area contributed by atoms with E-state index in [-0.39, 0.29) is 6.04 Å². The zero-order valence-corrected chi connectivity index (χ0v) is 11.8. The smallest absolute Gasteiger partial charge is 0.0313 e. The summed E-state index contributed by atoms with van der Waals surface area (Å²) < 4.78 is 2.58. The monoisotopic (exact) mass is 246 g/mol. The number of nitrogens with two attached hydrogens (primary N) is 1. The highest BCUT2D eigenvalue weighted by Crippen LogP contribution is 2.35. The Morgan fingerprint density at radius 3 is 2.89 bits per heavy atom. The fraction of sp³-hybridized carbons (Fsp3) is 0.750. The molecule has 1 aromatic rings. The zero-order valence-electron chi connectivity index (χ0n) is 11.8. The molecule has 0 aliphatic heterocycles. The quantitative estimate of drug-likeness (QED) is 0.849. The summed E-state index contributed by atoms with van der Waals surface area (Å²) in [4.78, 5) is 0. The van der Waals surface area contributed by atoms with Crippen LogP contribution in [-0.4, -0.2) is 4.57 Å². The minimum atomic E-state index is 0.288. The summed E-state index contributed by atoms with van der Waals surface area (Å²) in [6, 6.07) is 2.63. The minimum Gasteiger partial charge on any atom is -0.348 e. The highest BCUT2D eigenvalue weighted by molar-refractivity contribution is 5.32. The van der Waals surface area contributed by atoms with Crippen LogP contribution >= 0.6 is 0 Å². The van der Waals surface area contributed by atoms with Gasteiger partial charge in [-0.25, -0.2) is 0 Å². The maximum Gasteiger partial charge on any atom is 0.0313 e. The summed E-state index contributed by atoms with van der Waals surface area (Å²) in [6.07, 6.45) is 7.92. The highest BCUT2D eigenvalue weighted by atomic mass is 15.0. The fourth-order valence-corrected chi connectivity index (χ4v) is 4.00. The second-order valence-electron chi connectivity index (χ2n) is 6.58. The number of rotatable bonds is 2. The van der Waals surface area contributed by atoms with E-state index in [1.165, 1.54) is 49.9 Å². The SMILES string of the molecule is Cc1cc2c(n1CC1CCC(C)C1)CCCC2N. The van der Waals surface area contributed by atoms with Crippen LogP contribution in [0.2, 0.25) is 0 Å². The fourth-order valence-electron chi connectivity index (χ4n) is 4.00. The first kappa shape index (κ1) is 12.3.